The zero-order valence-corrected chi connectivity index (χ0v) is 13.7. The molecule has 1 aromatic carbocycles. The fourth-order valence-corrected chi connectivity index (χ4v) is 3.06. The number of benzene rings is 1. The maximum Gasteiger partial charge on any atom is 0.387 e. The molecule has 2 rings (SSSR count). The predicted octanol–water partition coefficient (Wildman–Crippen LogP) is 2.59. The summed E-state index contributed by atoms with van der Waals surface area (Å²) in [5, 5.41) is 2.02. The number of para-hydroxylation sites is 1. The number of sulfone groups is 1. The van der Waals surface area contributed by atoms with E-state index in [1.54, 1.807) is 26.0 Å². The second-order valence-electron chi connectivity index (χ2n) is 5.03. The molecule has 0 fully saturated rings. The minimum Gasteiger partial charge on any atom is -0.429 e. The van der Waals surface area contributed by atoms with Crippen LogP contribution in [0.1, 0.15) is 13.8 Å². The van der Waals surface area contributed by atoms with Crippen LogP contribution in [0.2, 0.25) is 0 Å². The van der Waals surface area contributed by atoms with Gasteiger partial charge in [-0.25, -0.2) is 13.4 Å². The number of hydrogen-bond acceptors (Lipinski definition) is 7. The number of nitrogens with zero attached hydrogens (tertiary/aromatic N) is 2. The number of alkyl halides is 2. The normalized spacial score (nSPS) is 11.8. The predicted molar refractivity (Wildman–Crippen MR) is 85.1 cm³/mol. The first kappa shape index (κ1) is 17.9. The summed E-state index contributed by atoms with van der Waals surface area (Å²) in [6.45, 7) is -0.00678. The second kappa shape index (κ2) is 6.95. The molecule has 0 radical (unpaired) electrons. The van der Waals surface area contributed by atoms with Gasteiger partial charge in [0.2, 0.25) is 5.95 Å². The quantitative estimate of drug-likeness (QED) is 0.817. The van der Waals surface area contributed by atoms with Gasteiger partial charge in [-0.3, -0.25) is 0 Å². The summed E-state index contributed by atoms with van der Waals surface area (Å²) < 4.78 is 54.1. The minimum atomic E-state index is -3.60. The highest BCUT2D eigenvalue weighted by Gasteiger charge is 2.23. The molecule has 0 spiro atoms. The van der Waals surface area contributed by atoms with Gasteiger partial charge >= 0.3 is 6.61 Å². The molecule has 1 aromatic heterocycles. The molecule has 0 atom stereocenters. The first-order chi connectivity index (χ1) is 11.2. The lowest BCUT2D eigenvalue weighted by atomic mass is 10.3. The third kappa shape index (κ3) is 3.88. The molecule has 130 valence electrons. The zero-order chi connectivity index (χ0) is 17.9. The third-order valence-electron chi connectivity index (χ3n) is 3.06. The summed E-state index contributed by atoms with van der Waals surface area (Å²) in [6, 6.07) is 6.06. The van der Waals surface area contributed by atoms with Gasteiger partial charge in [-0.1, -0.05) is 12.1 Å². The van der Waals surface area contributed by atoms with E-state index in [-0.39, 0.29) is 28.1 Å². The highest BCUT2D eigenvalue weighted by atomic mass is 32.2. The average molecular weight is 358 g/mol. The molecule has 0 aliphatic rings. The van der Waals surface area contributed by atoms with Crippen molar-refractivity contribution in [1.82, 2.24) is 9.97 Å². The highest BCUT2D eigenvalue weighted by molar-refractivity contribution is 7.92. The topological polar surface area (TPSA) is 107 Å². The summed E-state index contributed by atoms with van der Waals surface area (Å²) in [5.41, 5.74) is 5.63. The summed E-state index contributed by atoms with van der Waals surface area (Å²) in [7, 11) is -3.60. The third-order valence-corrected chi connectivity index (χ3v) is 5.27. The van der Waals surface area contributed by atoms with Crippen LogP contribution in [0.25, 0.3) is 0 Å². The Bertz CT molecular complexity index is 829. The van der Waals surface area contributed by atoms with Crippen LogP contribution < -0.4 is 15.8 Å². The fraction of sp³-hybridized carbons (Fsp3) is 0.286. The van der Waals surface area contributed by atoms with Crippen molar-refractivity contribution in [1.29, 1.82) is 0 Å². The Morgan fingerprint density at radius 2 is 1.92 bits per heavy atom. The van der Waals surface area contributed by atoms with E-state index in [0.717, 1.165) is 6.20 Å². The molecule has 2 aromatic rings. The summed E-state index contributed by atoms with van der Waals surface area (Å²) in [6.07, 6.45) is 0.983. The smallest absolute Gasteiger partial charge is 0.387 e. The Hall–Kier alpha value is -2.49. The van der Waals surface area contributed by atoms with Crippen molar-refractivity contribution in [2.24, 2.45) is 0 Å². The standard InChI is InChI=1S/C14H16F2N4O3S/c1-8(2)24(21,22)11-6-4-3-5-9(11)19-12-10(23-13(15)16)7-18-14(17)20-12/h3-8,13H,1-2H3,(H3,17,18,19,20). The Labute approximate surface area is 137 Å². The number of aromatic nitrogens is 2. The van der Waals surface area contributed by atoms with Crippen LogP contribution >= 0.6 is 0 Å². The number of nitrogen functional groups attached to an aromatic ring is 1. The van der Waals surface area contributed by atoms with Crippen LogP contribution in [0.15, 0.2) is 35.4 Å². The molecule has 0 aliphatic heterocycles. The number of anilines is 3. The largest absolute Gasteiger partial charge is 0.429 e. The first-order valence-electron chi connectivity index (χ1n) is 6.89. The summed E-state index contributed by atoms with van der Waals surface area (Å²) in [5.74, 6) is -0.687. The van der Waals surface area contributed by atoms with Crippen molar-refractivity contribution in [2.75, 3.05) is 11.1 Å². The van der Waals surface area contributed by atoms with Gasteiger partial charge in [-0.2, -0.15) is 13.8 Å². The Kier molecular flexibility index (Phi) is 5.17. The number of nitrogens with one attached hydrogen (secondary N) is 1. The van der Waals surface area contributed by atoms with Crippen molar-refractivity contribution in [2.45, 2.75) is 30.6 Å². The van der Waals surface area contributed by atoms with E-state index in [0.29, 0.717) is 0 Å². The van der Waals surface area contributed by atoms with Crippen molar-refractivity contribution >= 4 is 27.3 Å². The van der Waals surface area contributed by atoms with Crippen molar-refractivity contribution in [3.05, 3.63) is 30.5 Å². The highest BCUT2D eigenvalue weighted by Crippen LogP contribution is 2.31. The Morgan fingerprint density at radius 1 is 1.25 bits per heavy atom. The van der Waals surface area contributed by atoms with Crippen molar-refractivity contribution < 1.29 is 21.9 Å². The molecule has 0 saturated heterocycles. The lowest BCUT2D eigenvalue weighted by Crippen LogP contribution is -2.16. The first-order valence-corrected chi connectivity index (χ1v) is 8.43. The number of nitrogens with two attached hydrogens (primary N) is 1. The molecule has 1 heterocycles. The second-order valence-corrected chi connectivity index (χ2v) is 7.51. The van der Waals surface area contributed by atoms with Gasteiger partial charge in [-0.05, 0) is 26.0 Å². The van der Waals surface area contributed by atoms with Crippen molar-refractivity contribution in [3.63, 3.8) is 0 Å². The molecular formula is C14H16F2N4O3S. The minimum absolute atomic E-state index is 0.0141. The van der Waals surface area contributed by atoms with Gasteiger partial charge in [0.05, 0.1) is 22.0 Å². The number of halogens is 2. The van der Waals surface area contributed by atoms with Crippen LogP contribution in [-0.2, 0) is 9.84 Å². The molecule has 0 bridgehead atoms. The van der Waals surface area contributed by atoms with Gasteiger partial charge < -0.3 is 15.8 Å². The van der Waals surface area contributed by atoms with E-state index in [4.69, 9.17) is 5.73 Å². The molecule has 3 N–H and O–H groups in total. The summed E-state index contributed by atoms with van der Waals surface area (Å²) >= 11 is 0. The van der Waals surface area contributed by atoms with Gasteiger partial charge in [-0.15, -0.1) is 0 Å². The Balaban J connectivity index is 2.48. The molecule has 7 nitrogen and oxygen atoms in total. The van der Waals surface area contributed by atoms with E-state index >= 15 is 0 Å². The van der Waals surface area contributed by atoms with Gasteiger partial charge in [0.1, 0.15) is 0 Å². The molecular weight excluding hydrogens is 342 g/mol. The zero-order valence-electron chi connectivity index (χ0n) is 12.9. The van der Waals surface area contributed by atoms with Crippen LogP contribution in [0.3, 0.4) is 0 Å². The molecule has 24 heavy (non-hydrogen) atoms. The molecule has 0 amide bonds. The van der Waals surface area contributed by atoms with Gasteiger partial charge in [0.15, 0.2) is 21.4 Å². The van der Waals surface area contributed by atoms with Gasteiger partial charge in [0.25, 0.3) is 0 Å². The number of ether oxygens (including phenoxy) is 1. The molecule has 0 aliphatic carbocycles. The monoisotopic (exact) mass is 358 g/mol. The number of rotatable bonds is 6. The van der Waals surface area contributed by atoms with Crippen molar-refractivity contribution in [3.8, 4) is 5.75 Å². The van der Waals surface area contributed by atoms with E-state index in [1.165, 1.54) is 12.1 Å². The van der Waals surface area contributed by atoms with Gasteiger partial charge in [0, 0.05) is 0 Å². The van der Waals surface area contributed by atoms with Crippen LogP contribution in [0.4, 0.5) is 26.2 Å². The number of hydrogen-bond donors (Lipinski definition) is 2. The lowest BCUT2D eigenvalue weighted by molar-refractivity contribution is -0.0497. The summed E-state index contributed by atoms with van der Waals surface area (Å²) in [4.78, 5) is 7.39. The van der Waals surface area contributed by atoms with Crippen LogP contribution in [0, 0.1) is 0 Å². The maximum absolute atomic E-state index is 12.5. The molecule has 0 saturated carbocycles. The maximum atomic E-state index is 12.5. The SMILES string of the molecule is CC(C)S(=O)(=O)c1ccccc1Nc1nc(N)ncc1OC(F)F. The van der Waals surface area contributed by atoms with E-state index in [2.05, 4.69) is 20.0 Å². The van der Waals surface area contributed by atoms with E-state index < -0.39 is 21.7 Å². The average Bonchev–Trinajstić information content (AvgIpc) is 2.50. The fourth-order valence-electron chi connectivity index (χ4n) is 1.86. The molecule has 0 unspecified atom stereocenters. The van der Waals surface area contributed by atoms with E-state index in [9.17, 15) is 17.2 Å². The van der Waals surface area contributed by atoms with Crippen LogP contribution in [-0.4, -0.2) is 30.2 Å². The van der Waals surface area contributed by atoms with E-state index in [1.807, 2.05) is 0 Å². The molecule has 10 heteroatoms. The Morgan fingerprint density at radius 3 is 2.54 bits per heavy atom. The van der Waals surface area contributed by atoms with Crippen LogP contribution in [0.5, 0.6) is 5.75 Å². The lowest BCUT2D eigenvalue weighted by Gasteiger charge is -2.16.